The van der Waals surface area contributed by atoms with Crippen LogP contribution in [0.3, 0.4) is 0 Å². The molecule has 0 aliphatic carbocycles. The molecule has 1 aliphatic heterocycles. The molecule has 0 bridgehead atoms. The summed E-state index contributed by atoms with van der Waals surface area (Å²) in [5.74, 6) is 0.228. The Labute approximate surface area is 71.2 Å². The van der Waals surface area contributed by atoms with Crippen LogP contribution >= 0.6 is 0 Å². The molecule has 0 amide bonds. The third kappa shape index (κ3) is 1.73. The highest BCUT2D eigenvalue weighted by Crippen LogP contribution is 2.00. The summed E-state index contributed by atoms with van der Waals surface area (Å²) in [5, 5.41) is 3.69. The van der Waals surface area contributed by atoms with E-state index in [1.165, 1.54) is 4.90 Å². The number of aldehydes is 1. The Bertz CT molecular complexity index is 278. The fourth-order valence-corrected chi connectivity index (χ4v) is 1.38. The molecule has 0 fully saturated rings. The molecule has 1 rings (SSSR count). The van der Waals surface area contributed by atoms with Crippen molar-refractivity contribution in [2.24, 2.45) is 5.10 Å². The molecule has 0 saturated heterocycles. The smallest absolute Gasteiger partial charge is 0.172 e. The molecular formula is C5H9N3O3S. The summed E-state index contributed by atoms with van der Waals surface area (Å²) in [6.45, 7) is 0. The summed E-state index contributed by atoms with van der Waals surface area (Å²) < 4.78 is 20.6. The molecule has 0 aromatic rings. The van der Waals surface area contributed by atoms with E-state index in [9.17, 15) is 13.2 Å². The van der Waals surface area contributed by atoms with Crippen molar-refractivity contribution in [2.75, 3.05) is 12.8 Å². The number of thiol groups is 1. The predicted octanol–water partition coefficient (Wildman–Crippen LogP) is -2.03. The van der Waals surface area contributed by atoms with E-state index >= 15 is 0 Å². The maximum absolute atomic E-state index is 10.3. The number of likely N-dealkylation sites (N-methyl/N-ethyl adjacent to an activating group) is 1. The Hall–Kier alpha value is -1.11. The van der Waals surface area contributed by atoms with Crippen molar-refractivity contribution in [3.05, 3.63) is 0 Å². The first kappa shape index (κ1) is 8.98. The van der Waals surface area contributed by atoms with Gasteiger partial charge >= 0.3 is 0 Å². The van der Waals surface area contributed by atoms with Gasteiger partial charge in [0.1, 0.15) is 22.3 Å². The Morgan fingerprint density at radius 2 is 2.42 bits per heavy atom. The zero-order valence-electron chi connectivity index (χ0n) is 6.43. The van der Waals surface area contributed by atoms with Crippen LogP contribution in [0.2, 0.25) is 0 Å². The lowest BCUT2D eigenvalue weighted by Crippen LogP contribution is -2.39. The van der Waals surface area contributed by atoms with Gasteiger partial charge in [0.15, 0.2) is 12.5 Å². The molecule has 0 radical (unpaired) electrons. The number of hydrogen-bond acceptors (Lipinski definition) is 6. The monoisotopic (exact) mass is 191 g/mol. The zero-order chi connectivity index (χ0) is 9.14. The Morgan fingerprint density at radius 3 is 2.83 bits per heavy atom. The van der Waals surface area contributed by atoms with Gasteiger partial charge in [-0.3, -0.25) is 10.2 Å². The van der Waals surface area contributed by atoms with Gasteiger partial charge in [0.25, 0.3) is 0 Å². The first-order chi connectivity index (χ1) is 5.65. The molecule has 1 atom stereocenters. The lowest BCUT2D eigenvalue weighted by atomic mass is 10.5. The molecule has 68 valence electrons. The van der Waals surface area contributed by atoms with Gasteiger partial charge < -0.3 is 4.90 Å². The lowest BCUT2D eigenvalue weighted by Gasteiger charge is -2.15. The first-order valence-corrected chi connectivity index (χ1v) is 4.63. The normalized spacial score (nSPS) is 22.3. The number of hydrazone groups is 1. The van der Waals surface area contributed by atoms with Crippen molar-refractivity contribution in [1.29, 1.82) is 0 Å². The van der Waals surface area contributed by atoms with Crippen LogP contribution in [0.25, 0.3) is 0 Å². The summed E-state index contributed by atoms with van der Waals surface area (Å²) in [6, 6.07) is 0. The number of carbonyl (C=O) groups is 1. The molecule has 0 aromatic carbocycles. The average molecular weight is 191 g/mol. The number of nitrogens with zero attached hydrogens (tertiary/aromatic N) is 2. The molecule has 6 nitrogen and oxygen atoms in total. The van der Waals surface area contributed by atoms with Crippen LogP contribution in [0, 0.1) is 0 Å². The quantitative estimate of drug-likeness (QED) is 0.397. The molecule has 0 spiro atoms. The van der Waals surface area contributed by atoms with Crippen molar-refractivity contribution in [1.82, 2.24) is 10.3 Å². The molecule has 12 heavy (non-hydrogen) atoms. The topological polar surface area (TPSA) is 78.8 Å². The lowest BCUT2D eigenvalue weighted by molar-refractivity contribution is -0.111. The third-order valence-electron chi connectivity index (χ3n) is 1.55. The maximum atomic E-state index is 10.3. The van der Waals surface area contributed by atoms with Crippen LogP contribution in [-0.4, -0.2) is 44.4 Å². The molecule has 7 heteroatoms. The molecule has 1 aliphatic rings. The second-order valence-corrected chi connectivity index (χ2v) is 3.32. The van der Waals surface area contributed by atoms with Crippen LogP contribution in [-0.2, 0) is 15.5 Å². The minimum atomic E-state index is -2.49. The van der Waals surface area contributed by atoms with Gasteiger partial charge in [-0.2, -0.15) is 5.10 Å². The summed E-state index contributed by atoms with van der Waals surface area (Å²) >= 11 is 0. The number of nitrogens with one attached hydrogen (secondary N) is 1. The van der Waals surface area contributed by atoms with Crippen molar-refractivity contribution in [2.45, 2.75) is 6.17 Å². The Morgan fingerprint density at radius 1 is 1.75 bits per heavy atom. The fourth-order valence-electron chi connectivity index (χ4n) is 0.851. The largest absolute Gasteiger partial charge is 0.333 e. The van der Waals surface area contributed by atoms with E-state index in [4.69, 9.17) is 0 Å². The van der Waals surface area contributed by atoms with E-state index in [2.05, 4.69) is 10.5 Å². The molecule has 0 saturated carbocycles. The van der Waals surface area contributed by atoms with Gasteiger partial charge in [0, 0.05) is 7.05 Å². The number of rotatable bonds is 3. The summed E-state index contributed by atoms with van der Waals surface area (Å²) in [5.41, 5.74) is 2.49. The van der Waals surface area contributed by atoms with Gasteiger partial charge in [-0.05, 0) is 0 Å². The minimum Gasteiger partial charge on any atom is -0.333 e. The van der Waals surface area contributed by atoms with E-state index in [0.29, 0.717) is 12.1 Å². The van der Waals surface area contributed by atoms with Crippen LogP contribution < -0.4 is 5.43 Å². The van der Waals surface area contributed by atoms with Gasteiger partial charge in [-0.15, -0.1) is 0 Å². The second-order valence-electron chi connectivity index (χ2n) is 2.34. The van der Waals surface area contributed by atoms with Gasteiger partial charge in [-0.25, -0.2) is 8.42 Å². The number of amidine groups is 1. The van der Waals surface area contributed by atoms with Crippen molar-refractivity contribution in [3.63, 3.8) is 0 Å². The molecule has 0 aromatic heterocycles. The molecule has 1 heterocycles. The van der Waals surface area contributed by atoms with Crippen molar-refractivity contribution in [3.8, 4) is 0 Å². The van der Waals surface area contributed by atoms with Crippen molar-refractivity contribution < 1.29 is 13.2 Å². The van der Waals surface area contributed by atoms with E-state index in [1.54, 1.807) is 7.05 Å². The van der Waals surface area contributed by atoms with Gasteiger partial charge in [0.05, 0.1) is 0 Å². The van der Waals surface area contributed by atoms with Crippen molar-refractivity contribution >= 4 is 22.8 Å². The second kappa shape index (κ2) is 3.53. The third-order valence-corrected chi connectivity index (χ3v) is 2.09. The SMILES string of the molecule is CN1C(C[SH](=O)=O)=NNC1C=O. The average Bonchev–Trinajstić information content (AvgIpc) is 2.32. The Kier molecular flexibility index (Phi) is 2.64. The summed E-state index contributed by atoms with van der Waals surface area (Å²) in [6.07, 6.45) is 0.129. The number of hydrogen-bond donors (Lipinski definition) is 2. The van der Waals surface area contributed by atoms with E-state index in [0.717, 1.165) is 0 Å². The molecular weight excluding hydrogens is 182 g/mol. The van der Waals surface area contributed by atoms with Crippen LogP contribution in [0.4, 0.5) is 0 Å². The highest BCUT2D eigenvalue weighted by Gasteiger charge is 2.23. The molecule has 1 N–H and O–H groups in total. The Balaban J connectivity index is 2.64. The first-order valence-electron chi connectivity index (χ1n) is 3.27. The van der Waals surface area contributed by atoms with E-state index < -0.39 is 16.9 Å². The van der Waals surface area contributed by atoms with Gasteiger partial charge in [0.2, 0.25) is 0 Å². The highest BCUT2D eigenvalue weighted by molar-refractivity contribution is 7.73. The standard InChI is InChI=1S/C5H9N3O3S/c1-8-4(2-9)6-7-5(8)3-12(10)11/h2,4,6,12H,3H2,1H3. The maximum Gasteiger partial charge on any atom is 0.172 e. The van der Waals surface area contributed by atoms with Gasteiger partial charge in [-0.1, -0.05) is 0 Å². The van der Waals surface area contributed by atoms with Crippen LogP contribution in [0.15, 0.2) is 5.10 Å². The predicted molar refractivity (Wildman–Crippen MR) is 43.4 cm³/mol. The van der Waals surface area contributed by atoms with E-state index in [1.807, 2.05) is 0 Å². The van der Waals surface area contributed by atoms with E-state index in [-0.39, 0.29) is 5.75 Å². The minimum absolute atomic E-state index is 0.136. The molecule has 1 unspecified atom stereocenters. The van der Waals surface area contributed by atoms with Crippen LogP contribution in [0.5, 0.6) is 0 Å². The summed E-state index contributed by atoms with van der Waals surface area (Å²) in [4.78, 5) is 11.8. The summed E-state index contributed by atoms with van der Waals surface area (Å²) in [7, 11) is -0.883. The fraction of sp³-hybridized carbons (Fsp3) is 0.600. The zero-order valence-corrected chi connectivity index (χ0v) is 7.32. The van der Waals surface area contributed by atoms with Crippen LogP contribution in [0.1, 0.15) is 0 Å². The number of carbonyl (C=O) groups excluding carboxylic acids is 1. The highest BCUT2D eigenvalue weighted by atomic mass is 32.2.